The lowest BCUT2D eigenvalue weighted by Gasteiger charge is -2.09. The molecule has 0 saturated carbocycles. The fraction of sp³-hybridized carbons (Fsp3) is 0.353. The zero-order valence-corrected chi connectivity index (χ0v) is 12.1. The van der Waals surface area contributed by atoms with Crippen molar-refractivity contribution in [2.24, 2.45) is 0 Å². The van der Waals surface area contributed by atoms with Gasteiger partial charge in [-0.05, 0) is 37.0 Å². The molecule has 0 spiro atoms. The van der Waals surface area contributed by atoms with Crippen molar-refractivity contribution in [1.29, 1.82) is 0 Å². The molecule has 1 heterocycles. The van der Waals surface area contributed by atoms with Gasteiger partial charge in [0.1, 0.15) is 0 Å². The molecule has 0 bridgehead atoms. The van der Waals surface area contributed by atoms with Crippen LogP contribution in [0.25, 0.3) is 10.9 Å². The first-order valence-electron chi connectivity index (χ1n) is 7.25. The number of carbonyl (C=O) groups excluding carboxylic acids is 1. The summed E-state index contributed by atoms with van der Waals surface area (Å²) in [6.07, 6.45) is 4.14. The molecule has 0 radical (unpaired) electrons. The Hall–Kier alpha value is -2.23. The van der Waals surface area contributed by atoms with E-state index >= 15 is 0 Å². The van der Waals surface area contributed by atoms with Crippen LogP contribution in [-0.2, 0) is 11.2 Å². The number of hydrogen-bond donors (Lipinski definition) is 1. The molecule has 0 amide bonds. The van der Waals surface area contributed by atoms with Crippen LogP contribution in [0.3, 0.4) is 0 Å². The van der Waals surface area contributed by atoms with Gasteiger partial charge in [-0.1, -0.05) is 19.1 Å². The summed E-state index contributed by atoms with van der Waals surface area (Å²) in [6, 6.07) is 7.65. The summed E-state index contributed by atoms with van der Waals surface area (Å²) in [4.78, 5) is 27.2. The number of hydrogen-bond acceptors (Lipinski definition) is 3. The summed E-state index contributed by atoms with van der Waals surface area (Å²) in [6.45, 7) is 2.06. The van der Waals surface area contributed by atoms with Crippen LogP contribution in [0.15, 0.2) is 30.5 Å². The molecule has 2 aromatic rings. The topological polar surface area (TPSA) is 67.3 Å². The highest BCUT2D eigenvalue weighted by Crippen LogP contribution is 2.23. The minimum absolute atomic E-state index is 0.0636. The molecule has 4 nitrogen and oxygen atoms in total. The van der Waals surface area contributed by atoms with E-state index in [1.807, 2.05) is 18.2 Å². The predicted octanol–water partition coefficient (Wildman–Crippen LogP) is 3.62. The molecule has 2 rings (SSSR count). The average Bonchev–Trinajstić information content (AvgIpc) is 2.49. The fourth-order valence-electron chi connectivity index (χ4n) is 2.50. The molecule has 1 N–H and O–H groups in total. The number of carboxylic acid groups (broad SMARTS) is 1. The van der Waals surface area contributed by atoms with Crippen molar-refractivity contribution in [3.8, 4) is 0 Å². The standard InChI is InChI=1S/C17H19NO3/c1-2-12-6-5-7-14-17(12)13(10-11-18-14)15(19)8-3-4-9-16(20)21/h5-7,10-11H,2-4,8-9H2,1H3,(H,20,21). The van der Waals surface area contributed by atoms with Gasteiger partial charge in [-0.3, -0.25) is 14.6 Å². The van der Waals surface area contributed by atoms with Crippen LogP contribution in [0.2, 0.25) is 0 Å². The normalized spacial score (nSPS) is 10.7. The molecule has 4 heteroatoms. The van der Waals surface area contributed by atoms with Crippen molar-refractivity contribution in [2.45, 2.75) is 39.0 Å². The highest BCUT2D eigenvalue weighted by Gasteiger charge is 2.13. The lowest BCUT2D eigenvalue weighted by atomic mass is 9.96. The van der Waals surface area contributed by atoms with Crippen LogP contribution >= 0.6 is 0 Å². The summed E-state index contributed by atoms with van der Waals surface area (Å²) in [5, 5.41) is 9.55. The number of pyridine rings is 1. The molecule has 0 fully saturated rings. The van der Waals surface area contributed by atoms with Crippen molar-refractivity contribution in [3.05, 3.63) is 41.6 Å². The largest absolute Gasteiger partial charge is 0.481 e. The van der Waals surface area contributed by atoms with Gasteiger partial charge >= 0.3 is 5.97 Å². The summed E-state index contributed by atoms with van der Waals surface area (Å²) in [7, 11) is 0. The number of ketones is 1. The Morgan fingerprint density at radius 3 is 2.62 bits per heavy atom. The third kappa shape index (κ3) is 3.66. The van der Waals surface area contributed by atoms with Crippen LogP contribution in [0.5, 0.6) is 0 Å². The highest BCUT2D eigenvalue weighted by atomic mass is 16.4. The molecule has 110 valence electrons. The van der Waals surface area contributed by atoms with Gasteiger partial charge in [-0.15, -0.1) is 0 Å². The van der Waals surface area contributed by atoms with Gasteiger partial charge in [0.05, 0.1) is 5.52 Å². The molecule has 21 heavy (non-hydrogen) atoms. The van der Waals surface area contributed by atoms with Crippen molar-refractivity contribution in [1.82, 2.24) is 4.98 Å². The zero-order chi connectivity index (χ0) is 15.2. The molecule has 0 unspecified atom stereocenters. The predicted molar refractivity (Wildman–Crippen MR) is 81.6 cm³/mol. The fourth-order valence-corrected chi connectivity index (χ4v) is 2.50. The zero-order valence-electron chi connectivity index (χ0n) is 12.1. The maximum Gasteiger partial charge on any atom is 0.303 e. The number of benzene rings is 1. The second kappa shape index (κ2) is 6.97. The van der Waals surface area contributed by atoms with Gasteiger partial charge < -0.3 is 5.11 Å². The molecule has 0 atom stereocenters. The third-order valence-corrected chi connectivity index (χ3v) is 3.58. The average molecular weight is 285 g/mol. The summed E-state index contributed by atoms with van der Waals surface area (Å²) in [5.74, 6) is -0.751. The highest BCUT2D eigenvalue weighted by molar-refractivity contribution is 6.08. The summed E-state index contributed by atoms with van der Waals surface area (Å²) in [5.41, 5.74) is 2.66. The van der Waals surface area contributed by atoms with Crippen LogP contribution < -0.4 is 0 Å². The SMILES string of the molecule is CCc1cccc2nccc(C(=O)CCCCC(=O)O)c12. The van der Waals surface area contributed by atoms with Crippen molar-refractivity contribution < 1.29 is 14.7 Å². The molecular formula is C17H19NO3. The van der Waals surface area contributed by atoms with Crippen LogP contribution in [-0.4, -0.2) is 21.8 Å². The number of aliphatic carboxylic acids is 1. The molecule has 0 aliphatic carbocycles. The van der Waals surface area contributed by atoms with E-state index < -0.39 is 5.97 Å². The molecule has 1 aromatic carbocycles. The first-order chi connectivity index (χ1) is 10.1. The van der Waals surface area contributed by atoms with E-state index in [0.717, 1.165) is 22.9 Å². The summed E-state index contributed by atoms with van der Waals surface area (Å²) >= 11 is 0. The Kier molecular flexibility index (Phi) is 5.04. The Morgan fingerprint density at radius 2 is 1.90 bits per heavy atom. The number of Topliss-reactive ketones (excluding diaryl/α,β-unsaturated/α-hetero) is 1. The van der Waals surface area contributed by atoms with E-state index in [2.05, 4.69) is 11.9 Å². The number of aromatic nitrogens is 1. The summed E-state index contributed by atoms with van der Waals surface area (Å²) < 4.78 is 0. The van der Waals surface area contributed by atoms with Gasteiger partial charge in [-0.2, -0.15) is 0 Å². The lowest BCUT2D eigenvalue weighted by Crippen LogP contribution is -2.03. The van der Waals surface area contributed by atoms with Crippen molar-refractivity contribution >= 4 is 22.7 Å². The molecule has 0 aliphatic rings. The number of aryl methyl sites for hydroxylation is 1. The minimum atomic E-state index is -0.815. The van der Waals surface area contributed by atoms with E-state index in [1.54, 1.807) is 12.3 Å². The monoisotopic (exact) mass is 285 g/mol. The van der Waals surface area contributed by atoms with E-state index in [1.165, 1.54) is 0 Å². The first-order valence-corrected chi connectivity index (χ1v) is 7.25. The molecule has 0 aliphatic heterocycles. The number of fused-ring (bicyclic) bond motifs is 1. The Labute approximate surface area is 123 Å². The van der Waals surface area contributed by atoms with E-state index in [4.69, 9.17) is 5.11 Å². The van der Waals surface area contributed by atoms with Crippen molar-refractivity contribution in [3.63, 3.8) is 0 Å². The number of unbranched alkanes of at least 4 members (excludes halogenated alkanes) is 1. The van der Waals surface area contributed by atoms with Gasteiger partial charge in [-0.25, -0.2) is 0 Å². The van der Waals surface area contributed by atoms with Gasteiger partial charge in [0.15, 0.2) is 5.78 Å². The quantitative estimate of drug-likeness (QED) is 0.623. The second-order valence-electron chi connectivity index (χ2n) is 5.05. The van der Waals surface area contributed by atoms with E-state index in [9.17, 15) is 9.59 Å². The Balaban J connectivity index is 2.21. The van der Waals surface area contributed by atoms with E-state index in [-0.39, 0.29) is 12.2 Å². The Morgan fingerprint density at radius 1 is 1.14 bits per heavy atom. The second-order valence-corrected chi connectivity index (χ2v) is 5.05. The van der Waals surface area contributed by atoms with Crippen molar-refractivity contribution in [2.75, 3.05) is 0 Å². The minimum Gasteiger partial charge on any atom is -0.481 e. The molecular weight excluding hydrogens is 266 g/mol. The Bertz CT molecular complexity index is 659. The molecule has 1 aromatic heterocycles. The lowest BCUT2D eigenvalue weighted by molar-refractivity contribution is -0.137. The number of rotatable bonds is 7. The maximum atomic E-state index is 12.4. The van der Waals surface area contributed by atoms with E-state index in [0.29, 0.717) is 24.8 Å². The number of carboxylic acids is 1. The van der Waals surface area contributed by atoms with Gasteiger partial charge in [0.2, 0.25) is 0 Å². The van der Waals surface area contributed by atoms with Crippen LogP contribution in [0.1, 0.15) is 48.5 Å². The number of nitrogens with zero attached hydrogens (tertiary/aromatic N) is 1. The van der Waals surface area contributed by atoms with Gasteiger partial charge in [0, 0.05) is 30.0 Å². The third-order valence-electron chi connectivity index (χ3n) is 3.58. The van der Waals surface area contributed by atoms with Gasteiger partial charge in [0.25, 0.3) is 0 Å². The first kappa shape index (κ1) is 15.2. The van der Waals surface area contributed by atoms with Crippen LogP contribution in [0.4, 0.5) is 0 Å². The number of carbonyl (C=O) groups is 2. The maximum absolute atomic E-state index is 12.4. The smallest absolute Gasteiger partial charge is 0.303 e. The molecule has 0 saturated heterocycles. The van der Waals surface area contributed by atoms with Crippen LogP contribution in [0, 0.1) is 0 Å².